The molecule has 21 heavy (non-hydrogen) atoms. The first kappa shape index (κ1) is 15.8. The van der Waals surface area contributed by atoms with Crippen molar-refractivity contribution < 1.29 is 24.5 Å². The van der Waals surface area contributed by atoms with E-state index in [0.717, 1.165) is 12.3 Å². The van der Waals surface area contributed by atoms with Gasteiger partial charge in [0.1, 0.15) is 0 Å². The first-order valence-corrected chi connectivity index (χ1v) is 5.48. The Morgan fingerprint density at radius 3 is 2.62 bits per heavy atom. The van der Waals surface area contributed by atoms with Gasteiger partial charge in [0.2, 0.25) is 5.75 Å². The third-order valence-corrected chi connectivity index (χ3v) is 2.15. The number of hydrazone groups is 1. The molecular weight excluding hydrogens is 288 g/mol. The van der Waals surface area contributed by atoms with E-state index in [1.807, 2.05) is 5.43 Å². The number of carbonyl (C=O) groups excluding carboxylic acids is 1. The Morgan fingerprint density at radius 1 is 1.43 bits per heavy atom. The summed E-state index contributed by atoms with van der Waals surface area (Å²) in [6, 6.07) is 1.49. The quantitative estimate of drug-likeness (QED) is 0.470. The number of carbonyl (C=O) groups is 1. The van der Waals surface area contributed by atoms with Gasteiger partial charge in [-0.05, 0) is 6.92 Å². The summed E-state index contributed by atoms with van der Waals surface area (Å²) in [6.07, 6.45) is -0.0557. The summed E-state index contributed by atoms with van der Waals surface area (Å²) in [5.41, 5.74) is 0.170. The second kappa shape index (κ2) is 6.79. The van der Waals surface area contributed by atoms with Crippen molar-refractivity contribution in [1.82, 2.24) is 5.43 Å². The molecule has 0 radical (unpaired) electrons. The van der Waals surface area contributed by atoms with E-state index in [-0.39, 0.29) is 12.2 Å². The number of benzene rings is 1. The van der Waals surface area contributed by atoms with E-state index in [1.165, 1.54) is 0 Å². The van der Waals surface area contributed by atoms with Crippen molar-refractivity contribution in [2.24, 2.45) is 5.10 Å². The van der Waals surface area contributed by atoms with Crippen LogP contribution in [0, 0.1) is 20.2 Å². The molecule has 0 bridgehead atoms. The maximum absolute atomic E-state index is 10.9. The van der Waals surface area contributed by atoms with Gasteiger partial charge in [-0.25, -0.2) is 10.2 Å². The molecule has 112 valence electrons. The minimum Gasteiger partial charge on any atom is -0.502 e. The highest BCUT2D eigenvalue weighted by Gasteiger charge is 2.23. The van der Waals surface area contributed by atoms with Crippen LogP contribution < -0.4 is 5.43 Å². The highest BCUT2D eigenvalue weighted by Crippen LogP contribution is 2.33. The number of hydrogen-bond acceptors (Lipinski definition) is 8. The van der Waals surface area contributed by atoms with Gasteiger partial charge in [-0.15, -0.1) is 0 Å². The Labute approximate surface area is 117 Å². The molecule has 0 fully saturated rings. The minimum atomic E-state index is -0.974. The number of phenols is 1. The smallest absolute Gasteiger partial charge is 0.427 e. The molecule has 0 unspecified atom stereocenters. The molecule has 1 rings (SSSR count). The fraction of sp³-hybridized carbons (Fsp3) is 0.200. The SMILES string of the molecule is CCOC(=O)N/N=C/c1cc([N+](=O)[O-])cc([N+](=O)[O-])c1O. The van der Waals surface area contributed by atoms with E-state index >= 15 is 0 Å². The highest BCUT2D eigenvalue weighted by atomic mass is 16.6. The van der Waals surface area contributed by atoms with Gasteiger partial charge in [0, 0.05) is 6.07 Å². The summed E-state index contributed by atoms with van der Waals surface area (Å²) < 4.78 is 4.49. The van der Waals surface area contributed by atoms with Crippen LogP contribution in [-0.4, -0.2) is 33.9 Å². The second-order valence-corrected chi connectivity index (χ2v) is 3.51. The molecule has 2 N–H and O–H groups in total. The van der Waals surface area contributed by atoms with Gasteiger partial charge >= 0.3 is 11.8 Å². The number of hydrogen-bond donors (Lipinski definition) is 2. The van der Waals surface area contributed by atoms with Crippen molar-refractivity contribution >= 4 is 23.7 Å². The van der Waals surface area contributed by atoms with Gasteiger partial charge in [0.05, 0.1) is 34.3 Å². The third-order valence-electron chi connectivity index (χ3n) is 2.15. The molecule has 0 saturated heterocycles. The number of nitro benzene ring substituents is 2. The first-order valence-electron chi connectivity index (χ1n) is 5.48. The molecule has 0 atom stereocenters. The van der Waals surface area contributed by atoms with Crippen LogP contribution in [-0.2, 0) is 4.74 Å². The van der Waals surface area contributed by atoms with E-state index in [1.54, 1.807) is 6.92 Å². The zero-order chi connectivity index (χ0) is 16.0. The van der Waals surface area contributed by atoms with Gasteiger partial charge in [0.15, 0.2) is 0 Å². The number of non-ortho nitro benzene ring substituents is 1. The lowest BCUT2D eigenvalue weighted by molar-refractivity contribution is -0.394. The molecule has 0 saturated carbocycles. The van der Waals surface area contributed by atoms with Crippen molar-refractivity contribution in [2.75, 3.05) is 6.61 Å². The first-order chi connectivity index (χ1) is 9.86. The van der Waals surface area contributed by atoms with Crippen LogP contribution in [0.1, 0.15) is 12.5 Å². The van der Waals surface area contributed by atoms with Crippen LogP contribution >= 0.6 is 0 Å². The van der Waals surface area contributed by atoms with Gasteiger partial charge in [-0.2, -0.15) is 5.10 Å². The summed E-state index contributed by atoms with van der Waals surface area (Å²) >= 11 is 0. The van der Waals surface area contributed by atoms with Crippen molar-refractivity contribution in [3.05, 3.63) is 37.9 Å². The Bertz CT molecular complexity index is 614. The zero-order valence-electron chi connectivity index (χ0n) is 10.7. The summed E-state index contributed by atoms with van der Waals surface area (Å²) in [7, 11) is 0. The van der Waals surface area contributed by atoms with Gasteiger partial charge in [-0.3, -0.25) is 20.2 Å². The summed E-state index contributed by atoms with van der Waals surface area (Å²) in [5, 5.41) is 34.4. The van der Waals surface area contributed by atoms with Crippen LogP contribution in [0.5, 0.6) is 5.75 Å². The van der Waals surface area contributed by atoms with Crippen molar-refractivity contribution in [2.45, 2.75) is 6.92 Å². The number of phenolic OH excluding ortho intramolecular Hbond substituents is 1. The van der Waals surface area contributed by atoms with Gasteiger partial charge in [0.25, 0.3) is 5.69 Å². The Kier molecular flexibility index (Phi) is 5.11. The molecule has 11 nitrogen and oxygen atoms in total. The predicted molar refractivity (Wildman–Crippen MR) is 69.2 cm³/mol. The second-order valence-electron chi connectivity index (χ2n) is 3.51. The fourth-order valence-corrected chi connectivity index (χ4v) is 1.29. The topological polar surface area (TPSA) is 157 Å². The van der Waals surface area contributed by atoms with E-state index in [9.17, 15) is 30.1 Å². The number of rotatable bonds is 5. The zero-order valence-corrected chi connectivity index (χ0v) is 10.7. The van der Waals surface area contributed by atoms with Gasteiger partial charge < -0.3 is 9.84 Å². The summed E-state index contributed by atoms with van der Waals surface area (Å²) in [5.74, 6) is -0.806. The Morgan fingerprint density at radius 2 is 2.10 bits per heavy atom. The number of nitrogens with zero attached hydrogens (tertiary/aromatic N) is 3. The average molecular weight is 298 g/mol. The number of nitro groups is 2. The Balaban J connectivity index is 3.11. The number of ether oxygens (including phenoxy) is 1. The average Bonchev–Trinajstić information content (AvgIpc) is 2.40. The lowest BCUT2D eigenvalue weighted by Crippen LogP contribution is -2.18. The maximum Gasteiger partial charge on any atom is 0.427 e. The molecule has 1 aromatic rings. The van der Waals surface area contributed by atoms with Crippen LogP contribution in [0.2, 0.25) is 0 Å². The highest BCUT2D eigenvalue weighted by molar-refractivity contribution is 5.87. The van der Waals surface area contributed by atoms with E-state index in [2.05, 4.69) is 9.84 Å². The molecule has 0 heterocycles. The summed E-state index contributed by atoms with van der Waals surface area (Å²) in [4.78, 5) is 30.5. The molecule has 0 aliphatic heterocycles. The van der Waals surface area contributed by atoms with E-state index in [0.29, 0.717) is 6.07 Å². The molecule has 1 aromatic carbocycles. The molecular formula is C10H10N4O7. The normalized spacial score (nSPS) is 10.3. The molecule has 0 aliphatic carbocycles. The van der Waals surface area contributed by atoms with Crippen LogP contribution in [0.25, 0.3) is 0 Å². The monoisotopic (exact) mass is 298 g/mol. The molecule has 1 amide bonds. The standard InChI is InChI=1S/C10H10N4O7/c1-2-21-10(16)12-11-5-6-3-7(13(17)18)4-8(9(6)15)14(19)20/h3-5,15H,2H2,1H3,(H,12,16)/b11-5+. The maximum atomic E-state index is 10.9. The van der Waals surface area contributed by atoms with Crippen LogP contribution in [0.4, 0.5) is 16.2 Å². The van der Waals surface area contributed by atoms with E-state index < -0.39 is 33.1 Å². The predicted octanol–water partition coefficient (Wildman–Crippen LogP) is 1.29. The van der Waals surface area contributed by atoms with E-state index in [4.69, 9.17) is 0 Å². The molecule has 0 aliphatic rings. The lowest BCUT2D eigenvalue weighted by atomic mass is 10.1. The van der Waals surface area contributed by atoms with Gasteiger partial charge in [-0.1, -0.05) is 0 Å². The number of aromatic hydroxyl groups is 1. The minimum absolute atomic E-state index is 0.106. The number of nitrogens with one attached hydrogen (secondary N) is 1. The molecule has 11 heteroatoms. The van der Waals surface area contributed by atoms with Crippen LogP contribution in [0.3, 0.4) is 0 Å². The largest absolute Gasteiger partial charge is 0.502 e. The molecule has 0 spiro atoms. The summed E-state index contributed by atoms with van der Waals surface area (Å²) in [6.45, 7) is 1.67. The number of amides is 1. The Hall–Kier alpha value is -3.24. The lowest BCUT2D eigenvalue weighted by Gasteiger charge is -2.01. The van der Waals surface area contributed by atoms with Crippen molar-refractivity contribution in [3.63, 3.8) is 0 Å². The fourth-order valence-electron chi connectivity index (χ4n) is 1.29. The van der Waals surface area contributed by atoms with Crippen LogP contribution in [0.15, 0.2) is 17.2 Å². The molecule has 0 aromatic heterocycles. The third kappa shape index (κ3) is 4.12. The van der Waals surface area contributed by atoms with Crippen molar-refractivity contribution in [1.29, 1.82) is 0 Å². The van der Waals surface area contributed by atoms with Crippen molar-refractivity contribution in [3.8, 4) is 5.75 Å².